The van der Waals surface area contributed by atoms with Crippen molar-refractivity contribution in [3.05, 3.63) is 77.2 Å². The number of nitrogens with zero attached hydrogens (tertiary/aromatic N) is 1. The highest BCUT2D eigenvalue weighted by atomic mass is 32.2. The SMILES string of the molecule is Cc1ccc([C@H](NC(=O)COc2ccc(N(C)S(=O)(=O)c3cccs3)cc2)C2CC2)cc1. The molecule has 8 heteroatoms. The standard InChI is InChI=1S/C24H26N2O4S2/c1-17-5-7-18(8-6-17)24(19-9-10-19)25-22(27)16-30-21-13-11-20(12-14-21)26(2)32(28,29)23-4-3-15-31-23/h3-8,11-15,19,24H,9-10,16H2,1-2H3,(H,25,27)/t24-/m0/s1. The number of sulfonamides is 1. The van der Waals surface area contributed by atoms with Crippen LogP contribution in [-0.2, 0) is 14.8 Å². The number of hydrogen-bond acceptors (Lipinski definition) is 5. The molecular weight excluding hydrogens is 444 g/mol. The van der Waals surface area contributed by atoms with Crippen molar-refractivity contribution in [2.75, 3.05) is 18.0 Å². The molecule has 6 nitrogen and oxygen atoms in total. The van der Waals surface area contributed by atoms with Crippen LogP contribution < -0.4 is 14.4 Å². The van der Waals surface area contributed by atoms with Crippen LogP contribution >= 0.6 is 11.3 Å². The van der Waals surface area contributed by atoms with E-state index in [9.17, 15) is 13.2 Å². The number of carbonyl (C=O) groups excluding carboxylic acids is 1. The summed E-state index contributed by atoms with van der Waals surface area (Å²) in [5, 5.41) is 4.83. The van der Waals surface area contributed by atoms with Gasteiger partial charge in [0.15, 0.2) is 6.61 Å². The normalized spacial score (nSPS) is 14.6. The number of nitrogens with one attached hydrogen (secondary N) is 1. The van der Waals surface area contributed by atoms with E-state index >= 15 is 0 Å². The van der Waals surface area contributed by atoms with Gasteiger partial charge in [-0.25, -0.2) is 8.42 Å². The van der Waals surface area contributed by atoms with Gasteiger partial charge in [-0.3, -0.25) is 9.10 Å². The summed E-state index contributed by atoms with van der Waals surface area (Å²) in [6.45, 7) is 1.95. The molecule has 1 N–H and O–H groups in total. The fourth-order valence-corrected chi connectivity index (χ4v) is 5.83. The zero-order valence-electron chi connectivity index (χ0n) is 18.0. The molecule has 32 heavy (non-hydrogen) atoms. The van der Waals surface area contributed by atoms with E-state index in [0.29, 0.717) is 17.4 Å². The Bertz CT molecular complexity index is 1150. The Morgan fingerprint density at radius 1 is 1.12 bits per heavy atom. The summed E-state index contributed by atoms with van der Waals surface area (Å²) in [4.78, 5) is 12.5. The second-order valence-electron chi connectivity index (χ2n) is 7.98. The van der Waals surface area contributed by atoms with E-state index < -0.39 is 10.0 Å². The molecule has 0 bridgehead atoms. The van der Waals surface area contributed by atoms with Crippen LogP contribution in [0.2, 0.25) is 0 Å². The molecule has 0 saturated heterocycles. The van der Waals surface area contributed by atoms with E-state index in [2.05, 4.69) is 29.6 Å². The first-order valence-electron chi connectivity index (χ1n) is 10.5. The lowest BCUT2D eigenvalue weighted by Crippen LogP contribution is -2.33. The number of thiophene rings is 1. The van der Waals surface area contributed by atoms with E-state index in [1.807, 2.05) is 6.92 Å². The molecule has 1 atom stereocenters. The van der Waals surface area contributed by atoms with Gasteiger partial charge >= 0.3 is 0 Å². The quantitative estimate of drug-likeness (QED) is 0.499. The molecule has 0 unspecified atom stereocenters. The molecule has 1 saturated carbocycles. The lowest BCUT2D eigenvalue weighted by molar-refractivity contribution is -0.124. The van der Waals surface area contributed by atoms with Crippen LogP contribution in [0, 0.1) is 12.8 Å². The average Bonchev–Trinajstić information content (AvgIpc) is 3.48. The Balaban J connectivity index is 1.34. The fraction of sp³-hybridized carbons (Fsp3) is 0.292. The third kappa shape index (κ3) is 5.14. The summed E-state index contributed by atoms with van der Waals surface area (Å²) in [6.07, 6.45) is 2.23. The summed E-state index contributed by atoms with van der Waals surface area (Å²) in [5.74, 6) is 0.801. The minimum absolute atomic E-state index is 0.00480. The first kappa shape index (κ1) is 22.4. The van der Waals surface area contributed by atoms with Crippen molar-refractivity contribution < 1.29 is 17.9 Å². The predicted octanol–water partition coefficient (Wildman–Crippen LogP) is 4.53. The molecule has 168 valence electrons. The first-order chi connectivity index (χ1) is 15.3. The van der Waals surface area contributed by atoms with Crippen molar-refractivity contribution in [3.63, 3.8) is 0 Å². The topological polar surface area (TPSA) is 75.7 Å². The second-order valence-corrected chi connectivity index (χ2v) is 11.1. The summed E-state index contributed by atoms with van der Waals surface area (Å²) >= 11 is 1.18. The molecule has 1 heterocycles. The minimum atomic E-state index is -3.59. The van der Waals surface area contributed by atoms with Crippen LogP contribution in [0.1, 0.15) is 30.0 Å². The van der Waals surface area contributed by atoms with Gasteiger partial charge in [-0.1, -0.05) is 35.9 Å². The van der Waals surface area contributed by atoms with Gasteiger partial charge in [0, 0.05) is 7.05 Å². The largest absolute Gasteiger partial charge is 0.484 e. The highest BCUT2D eigenvalue weighted by molar-refractivity contribution is 7.94. The zero-order valence-corrected chi connectivity index (χ0v) is 19.7. The Morgan fingerprint density at radius 3 is 2.41 bits per heavy atom. The number of amides is 1. The number of aryl methyl sites for hydroxylation is 1. The van der Waals surface area contributed by atoms with Gasteiger partial charge in [0.2, 0.25) is 0 Å². The molecular formula is C24H26N2O4S2. The minimum Gasteiger partial charge on any atom is -0.484 e. The van der Waals surface area contributed by atoms with Crippen molar-refractivity contribution >= 4 is 33.0 Å². The Morgan fingerprint density at radius 2 is 1.81 bits per heavy atom. The smallest absolute Gasteiger partial charge is 0.273 e. The third-order valence-corrected chi connectivity index (χ3v) is 8.69. The molecule has 2 aromatic carbocycles. The highest BCUT2D eigenvalue weighted by Crippen LogP contribution is 2.41. The zero-order chi connectivity index (χ0) is 22.7. The van der Waals surface area contributed by atoms with E-state index in [1.54, 1.807) is 41.8 Å². The lowest BCUT2D eigenvalue weighted by atomic mass is 10.0. The van der Waals surface area contributed by atoms with Crippen molar-refractivity contribution in [2.45, 2.75) is 30.0 Å². The molecule has 1 aliphatic carbocycles. The molecule has 1 aliphatic rings. The summed E-state index contributed by atoms with van der Waals surface area (Å²) in [7, 11) is -2.07. The highest BCUT2D eigenvalue weighted by Gasteiger charge is 2.33. The van der Waals surface area contributed by atoms with E-state index in [-0.39, 0.29) is 22.8 Å². The monoisotopic (exact) mass is 470 g/mol. The van der Waals surface area contributed by atoms with Crippen molar-refractivity contribution in [1.82, 2.24) is 5.32 Å². The lowest BCUT2D eigenvalue weighted by Gasteiger charge is -2.20. The van der Waals surface area contributed by atoms with Crippen molar-refractivity contribution in [3.8, 4) is 5.75 Å². The maximum atomic E-state index is 12.6. The molecule has 1 fully saturated rings. The van der Waals surface area contributed by atoms with Gasteiger partial charge < -0.3 is 10.1 Å². The molecule has 3 aromatic rings. The summed E-state index contributed by atoms with van der Waals surface area (Å²) in [6, 6.07) is 18.2. The van der Waals surface area contributed by atoms with E-state index in [0.717, 1.165) is 18.4 Å². The van der Waals surface area contributed by atoms with Crippen molar-refractivity contribution in [1.29, 1.82) is 0 Å². The predicted molar refractivity (Wildman–Crippen MR) is 127 cm³/mol. The number of anilines is 1. The Kier molecular flexibility index (Phi) is 6.53. The van der Waals surface area contributed by atoms with Gasteiger partial charge in [0.05, 0.1) is 11.7 Å². The van der Waals surface area contributed by atoms with Crippen LogP contribution in [0.15, 0.2) is 70.3 Å². The Hall–Kier alpha value is -2.84. The second kappa shape index (κ2) is 9.34. The van der Waals surface area contributed by atoms with E-state index in [1.165, 1.54) is 28.3 Å². The maximum Gasteiger partial charge on any atom is 0.273 e. The van der Waals surface area contributed by atoms with Crippen LogP contribution in [0.4, 0.5) is 5.69 Å². The van der Waals surface area contributed by atoms with Crippen molar-refractivity contribution in [2.24, 2.45) is 5.92 Å². The summed E-state index contributed by atoms with van der Waals surface area (Å²) in [5.41, 5.74) is 2.82. The first-order valence-corrected chi connectivity index (χ1v) is 12.8. The third-order valence-electron chi connectivity index (χ3n) is 5.53. The average molecular weight is 471 g/mol. The van der Waals surface area contributed by atoms with Gasteiger partial charge in [0.25, 0.3) is 15.9 Å². The van der Waals surface area contributed by atoms with E-state index in [4.69, 9.17) is 4.74 Å². The van der Waals surface area contributed by atoms with Crippen LogP contribution in [0.3, 0.4) is 0 Å². The van der Waals surface area contributed by atoms with Crippen LogP contribution in [0.5, 0.6) is 5.75 Å². The number of carbonyl (C=O) groups is 1. The number of ether oxygens (including phenoxy) is 1. The number of rotatable bonds is 9. The van der Waals surface area contributed by atoms with Gasteiger partial charge in [-0.2, -0.15) is 0 Å². The molecule has 4 rings (SSSR count). The Labute approximate surface area is 192 Å². The molecule has 1 amide bonds. The maximum absolute atomic E-state index is 12.6. The van der Waals surface area contributed by atoms with Crippen LogP contribution in [-0.4, -0.2) is 28.0 Å². The van der Waals surface area contributed by atoms with Gasteiger partial charge in [-0.15, -0.1) is 11.3 Å². The van der Waals surface area contributed by atoms with Gasteiger partial charge in [0.1, 0.15) is 9.96 Å². The molecule has 0 radical (unpaired) electrons. The van der Waals surface area contributed by atoms with Crippen LogP contribution in [0.25, 0.3) is 0 Å². The van der Waals surface area contributed by atoms with Gasteiger partial charge in [-0.05, 0) is 67.0 Å². The summed E-state index contributed by atoms with van der Waals surface area (Å²) < 4.78 is 32.4. The molecule has 0 aliphatic heterocycles. The number of benzene rings is 2. The molecule has 0 spiro atoms. The fourth-order valence-electron chi connectivity index (χ4n) is 3.48. The number of hydrogen-bond donors (Lipinski definition) is 1. The molecule has 1 aromatic heterocycles.